The summed E-state index contributed by atoms with van der Waals surface area (Å²) in [5, 5.41) is 11.3. The first-order valence-corrected chi connectivity index (χ1v) is 2.41. The summed E-state index contributed by atoms with van der Waals surface area (Å²) in [6.45, 7) is 1.70. The lowest BCUT2D eigenvalue weighted by atomic mass is 10.3. The molecule has 0 aliphatic carbocycles. The third-order valence-electron chi connectivity index (χ3n) is 0.683. The minimum absolute atomic E-state index is 0.227. The summed E-state index contributed by atoms with van der Waals surface area (Å²) in [5.41, 5.74) is 7.88. The van der Waals surface area contributed by atoms with E-state index in [4.69, 9.17) is 10.8 Å². The SMILES string of the molecule is CC(/C=C\C#N)N=[N+]=[N-]. The van der Waals surface area contributed by atoms with Crippen molar-refractivity contribution in [3.05, 3.63) is 22.6 Å². The average Bonchev–Trinajstić information content (AvgIpc) is 1.85. The number of nitrogens with zero attached hydrogens (tertiary/aromatic N) is 4. The molecule has 0 fully saturated rings. The number of rotatable bonds is 2. The van der Waals surface area contributed by atoms with Crippen molar-refractivity contribution in [2.75, 3.05) is 0 Å². The Morgan fingerprint density at radius 3 is 3.00 bits per heavy atom. The maximum Gasteiger partial charge on any atom is 0.0908 e. The van der Waals surface area contributed by atoms with Crippen LogP contribution in [-0.2, 0) is 0 Å². The summed E-state index contributed by atoms with van der Waals surface area (Å²) in [6.07, 6.45) is 2.82. The second-order valence-electron chi connectivity index (χ2n) is 1.43. The van der Waals surface area contributed by atoms with Crippen molar-refractivity contribution in [3.8, 4) is 6.07 Å². The van der Waals surface area contributed by atoms with Gasteiger partial charge in [0.25, 0.3) is 0 Å². The average molecular weight is 122 g/mol. The predicted octanol–water partition coefficient (Wildman–Crippen LogP) is 1.76. The molecule has 0 radical (unpaired) electrons. The van der Waals surface area contributed by atoms with E-state index in [0.717, 1.165) is 0 Å². The van der Waals surface area contributed by atoms with Gasteiger partial charge in [-0.15, -0.1) is 0 Å². The molecule has 0 heterocycles. The highest BCUT2D eigenvalue weighted by Gasteiger charge is 1.86. The van der Waals surface area contributed by atoms with Gasteiger partial charge >= 0.3 is 0 Å². The van der Waals surface area contributed by atoms with Gasteiger partial charge in [-0.05, 0) is 5.53 Å². The van der Waals surface area contributed by atoms with Crippen LogP contribution < -0.4 is 0 Å². The Kier molecular flexibility index (Phi) is 3.93. The summed E-state index contributed by atoms with van der Waals surface area (Å²) in [6, 6.07) is 1.57. The fourth-order valence-electron chi connectivity index (χ4n) is 0.302. The van der Waals surface area contributed by atoms with Crippen molar-refractivity contribution in [2.45, 2.75) is 13.0 Å². The molecule has 0 saturated heterocycles. The van der Waals surface area contributed by atoms with Crippen LogP contribution in [0.25, 0.3) is 10.4 Å². The van der Waals surface area contributed by atoms with Gasteiger partial charge in [-0.1, -0.05) is 18.1 Å². The molecule has 4 nitrogen and oxygen atoms in total. The smallest absolute Gasteiger partial charge is 0.0908 e. The Balaban J connectivity index is 3.79. The van der Waals surface area contributed by atoms with Crippen LogP contribution in [0.1, 0.15) is 6.92 Å². The molecule has 0 aromatic carbocycles. The van der Waals surface area contributed by atoms with Gasteiger partial charge < -0.3 is 0 Å². The van der Waals surface area contributed by atoms with Crippen molar-refractivity contribution in [1.82, 2.24) is 0 Å². The number of hydrogen-bond acceptors (Lipinski definition) is 2. The lowest BCUT2D eigenvalue weighted by molar-refractivity contribution is 0.911. The fourth-order valence-corrected chi connectivity index (χ4v) is 0.302. The van der Waals surface area contributed by atoms with Gasteiger partial charge in [0.15, 0.2) is 0 Å². The van der Waals surface area contributed by atoms with E-state index in [1.54, 1.807) is 13.0 Å². The summed E-state index contributed by atoms with van der Waals surface area (Å²) in [5.74, 6) is 0. The second kappa shape index (κ2) is 4.69. The molecule has 0 saturated carbocycles. The molecular formula is C5H6N4. The Labute approximate surface area is 53.0 Å². The standard InChI is InChI=1S/C5H6N4/c1-5(8-9-7)3-2-4-6/h2-3,5H,1H3/b3-2-. The monoisotopic (exact) mass is 122 g/mol. The van der Waals surface area contributed by atoms with Crippen LogP contribution in [0.15, 0.2) is 17.3 Å². The van der Waals surface area contributed by atoms with Crippen LogP contribution in [0.2, 0.25) is 0 Å². The quantitative estimate of drug-likeness (QED) is 0.238. The van der Waals surface area contributed by atoms with Crippen molar-refractivity contribution < 1.29 is 0 Å². The van der Waals surface area contributed by atoms with Crippen molar-refractivity contribution in [1.29, 1.82) is 5.26 Å². The number of allylic oxidation sites excluding steroid dienone is 1. The zero-order chi connectivity index (χ0) is 7.11. The number of azide groups is 1. The van der Waals surface area contributed by atoms with Gasteiger partial charge in [-0.25, -0.2) is 0 Å². The van der Waals surface area contributed by atoms with E-state index in [2.05, 4.69) is 10.0 Å². The van der Waals surface area contributed by atoms with Crippen molar-refractivity contribution >= 4 is 0 Å². The topological polar surface area (TPSA) is 72.5 Å². The molecule has 9 heavy (non-hydrogen) atoms. The third kappa shape index (κ3) is 4.39. The normalized spacial score (nSPS) is 12.0. The lowest BCUT2D eigenvalue weighted by Gasteiger charge is -1.87. The Hall–Kier alpha value is -1.46. The molecule has 0 aliphatic rings. The first kappa shape index (κ1) is 7.54. The molecule has 0 bridgehead atoms. The van der Waals surface area contributed by atoms with E-state index in [1.165, 1.54) is 12.2 Å². The van der Waals surface area contributed by atoms with E-state index < -0.39 is 0 Å². The van der Waals surface area contributed by atoms with Crippen LogP contribution >= 0.6 is 0 Å². The van der Waals surface area contributed by atoms with Gasteiger partial charge in [-0.2, -0.15) is 5.26 Å². The molecule has 0 amide bonds. The largest absolute Gasteiger partial charge is 0.193 e. The highest BCUT2D eigenvalue weighted by molar-refractivity contribution is 5.05. The minimum atomic E-state index is -0.227. The third-order valence-corrected chi connectivity index (χ3v) is 0.683. The maximum absolute atomic E-state index is 8.01. The molecule has 0 N–H and O–H groups in total. The first-order chi connectivity index (χ1) is 4.31. The molecule has 0 aliphatic heterocycles. The van der Waals surface area contributed by atoms with E-state index in [9.17, 15) is 0 Å². The Bertz CT molecular complexity index is 182. The molecule has 0 rings (SSSR count). The van der Waals surface area contributed by atoms with E-state index in [0.29, 0.717) is 0 Å². The molecule has 46 valence electrons. The molecule has 0 aromatic heterocycles. The van der Waals surface area contributed by atoms with Crippen LogP contribution in [0.5, 0.6) is 0 Å². The molecule has 1 unspecified atom stereocenters. The van der Waals surface area contributed by atoms with Gasteiger partial charge in [-0.3, -0.25) is 0 Å². The molecule has 0 aromatic rings. The summed E-state index contributed by atoms with van der Waals surface area (Å²) < 4.78 is 0. The van der Waals surface area contributed by atoms with Gasteiger partial charge in [0, 0.05) is 11.0 Å². The van der Waals surface area contributed by atoms with Gasteiger partial charge in [0.2, 0.25) is 0 Å². The molecular weight excluding hydrogens is 116 g/mol. The fraction of sp³-hybridized carbons (Fsp3) is 0.400. The van der Waals surface area contributed by atoms with Crippen molar-refractivity contribution in [2.24, 2.45) is 5.11 Å². The number of hydrogen-bond donors (Lipinski definition) is 0. The van der Waals surface area contributed by atoms with Gasteiger partial charge in [0.1, 0.15) is 0 Å². The van der Waals surface area contributed by atoms with Crippen molar-refractivity contribution in [3.63, 3.8) is 0 Å². The second-order valence-corrected chi connectivity index (χ2v) is 1.43. The summed E-state index contributed by atoms with van der Waals surface area (Å²) in [7, 11) is 0. The predicted molar refractivity (Wildman–Crippen MR) is 33.4 cm³/mol. The van der Waals surface area contributed by atoms with E-state index >= 15 is 0 Å². The van der Waals surface area contributed by atoms with E-state index in [-0.39, 0.29) is 6.04 Å². The molecule has 0 spiro atoms. The van der Waals surface area contributed by atoms with Crippen LogP contribution in [-0.4, -0.2) is 6.04 Å². The highest BCUT2D eigenvalue weighted by Crippen LogP contribution is 1.90. The summed E-state index contributed by atoms with van der Waals surface area (Å²) in [4.78, 5) is 2.55. The Morgan fingerprint density at radius 2 is 2.56 bits per heavy atom. The van der Waals surface area contributed by atoms with Gasteiger partial charge in [0.05, 0.1) is 12.1 Å². The zero-order valence-corrected chi connectivity index (χ0v) is 5.02. The first-order valence-electron chi connectivity index (χ1n) is 2.41. The van der Waals surface area contributed by atoms with E-state index in [1.807, 2.05) is 0 Å². The molecule has 1 atom stereocenters. The number of nitriles is 1. The maximum atomic E-state index is 8.01. The van der Waals surface area contributed by atoms with Crippen LogP contribution in [0.4, 0.5) is 0 Å². The Morgan fingerprint density at radius 1 is 1.89 bits per heavy atom. The zero-order valence-electron chi connectivity index (χ0n) is 5.02. The van der Waals surface area contributed by atoms with Crippen LogP contribution in [0.3, 0.4) is 0 Å². The lowest BCUT2D eigenvalue weighted by Crippen LogP contribution is -1.86. The molecule has 4 heteroatoms. The van der Waals surface area contributed by atoms with Crippen LogP contribution in [0, 0.1) is 11.3 Å². The summed E-state index contributed by atoms with van der Waals surface area (Å²) >= 11 is 0. The highest BCUT2D eigenvalue weighted by atomic mass is 15.1. The minimum Gasteiger partial charge on any atom is -0.193 e.